The van der Waals surface area contributed by atoms with Gasteiger partial charge in [0, 0.05) is 27.2 Å². The molecule has 19 heavy (non-hydrogen) atoms. The normalized spacial score (nSPS) is 16.7. The second kappa shape index (κ2) is 5.88. The zero-order valence-corrected chi connectivity index (χ0v) is 12.4. The van der Waals surface area contributed by atoms with E-state index in [1.54, 1.807) is 0 Å². The van der Waals surface area contributed by atoms with Gasteiger partial charge in [0.05, 0.1) is 6.04 Å². The molecule has 0 spiro atoms. The lowest BCUT2D eigenvalue weighted by Gasteiger charge is -2.17. The average Bonchev–Trinajstić information content (AvgIpc) is 2.81. The first-order chi connectivity index (χ1) is 8.99. The molecular weight excluding hydrogens is 258 g/mol. The minimum atomic E-state index is -0.932. The number of hydrogen-bond donors (Lipinski definition) is 1. The Bertz CT molecular complexity index is 543. The van der Waals surface area contributed by atoms with E-state index < -0.39 is 10.8 Å². The SMILES string of the molecule is CC(C)C(C)S(=O)CC(N)c1cc2ccccc2o1. The van der Waals surface area contributed by atoms with Gasteiger partial charge < -0.3 is 10.2 Å². The summed E-state index contributed by atoms with van der Waals surface area (Å²) in [5, 5.41) is 1.19. The van der Waals surface area contributed by atoms with E-state index in [9.17, 15) is 4.21 Å². The number of nitrogens with two attached hydrogens (primary N) is 1. The van der Waals surface area contributed by atoms with Crippen LogP contribution in [-0.2, 0) is 10.8 Å². The zero-order chi connectivity index (χ0) is 14.0. The summed E-state index contributed by atoms with van der Waals surface area (Å²) in [6.07, 6.45) is 0. The van der Waals surface area contributed by atoms with Crippen molar-refractivity contribution >= 4 is 21.8 Å². The maximum absolute atomic E-state index is 12.2. The third kappa shape index (κ3) is 3.25. The Kier molecular flexibility index (Phi) is 4.42. The van der Waals surface area contributed by atoms with Crippen LogP contribution in [0.2, 0.25) is 0 Å². The Morgan fingerprint density at radius 2 is 1.95 bits per heavy atom. The summed E-state index contributed by atoms with van der Waals surface area (Å²) >= 11 is 0. The van der Waals surface area contributed by atoms with Crippen molar-refractivity contribution in [1.29, 1.82) is 0 Å². The van der Waals surface area contributed by atoms with Crippen molar-refractivity contribution in [3.8, 4) is 0 Å². The molecule has 0 aliphatic heterocycles. The maximum atomic E-state index is 12.2. The largest absolute Gasteiger partial charge is 0.459 e. The van der Waals surface area contributed by atoms with Gasteiger partial charge in [0.15, 0.2) is 0 Å². The van der Waals surface area contributed by atoms with E-state index in [4.69, 9.17) is 10.2 Å². The number of rotatable bonds is 5. The highest BCUT2D eigenvalue weighted by Crippen LogP contribution is 2.24. The molecule has 0 saturated heterocycles. The predicted molar refractivity (Wildman–Crippen MR) is 80.5 cm³/mol. The highest BCUT2D eigenvalue weighted by Gasteiger charge is 2.20. The molecule has 0 amide bonds. The summed E-state index contributed by atoms with van der Waals surface area (Å²) < 4.78 is 17.9. The first kappa shape index (κ1) is 14.3. The van der Waals surface area contributed by atoms with Gasteiger partial charge in [-0.3, -0.25) is 4.21 Å². The van der Waals surface area contributed by atoms with E-state index >= 15 is 0 Å². The lowest BCUT2D eigenvalue weighted by atomic mass is 10.2. The molecule has 3 nitrogen and oxygen atoms in total. The van der Waals surface area contributed by atoms with Gasteiger partial charge in [0.2, 0.25) is 0 Å². The summed E-state index contributed by atoms with van der Waals surface area (Å²) in [5.41, 5.74) is 6.94. The number of para-hydroxylation sites is 1. The van der Waals surface area contributed by atoms with Crippen molar-refractivity contribution in [1.82, 2.24) is 0 Å². The summed E-state index contributed by atoms with van der Waals surface area (Å²) in [6.45, 7) is 6.16. The van der Waals surface area contributed by atoms with Crippen LogP contribution in [0.5, 0.6) is 0 Å². The Hall–Kier alpha value is -1.13. The highest BCUT2D eigenvalue weighted by atomic mass is 32.2. The minimum Gasteiger partial charge on any atom is -0.459 e. The molecule has 0 bridgehead atoms. The Labute approximate surface area is 116 Å². The summed E-state index contributed by atoms with van der Waals surface area (Å²) in [7, 11) is -0.932. The van der Waals surface area contributed by atoms with Gasteiger partial charge in [0.1, 0.15) is 11.3 Å². The first-order valence-electron chi connectivity index (χ1n) is 6.60. The molecule has 0 aliphatic rings. The van der Waals surface area contributed by atoms with Gasteiger partial charge >= 0.3 is 0 Å². The van der Waals surface area contributed by atoms with Crippen LogP contribution in [0.15, 0.2) is 34.7 Å². The Balaban J connectivity index is 2.11. The van der Waals surface area contributed by atoms with Crippen LogP contribution >= 0.6 is 0 Å². The van der Waals surface area contributed by atoms with E-state index in [1.807, 2.05) is 37.3 Å². The van der Waals surface area contributed by atoms with Crippen molar-refractivity contribution < 1.29 is 8.63 Å². The van der Waals surface area contributed by atoms with Gasteiger partial charge in [-0.2, -0.15) is 0 Å². The molecule has 104 valence electrons. The van der Waals surface area contributed by atoms with Gasteiger partial charge in [-0.25, -0.2) is 0 Å². The number of furan rings is 1. The van der Waals surface area contributed by atoms with E-state index in [2.05, 4.69) is 13.8 Å². The molecule has 0 radical (unpaired) electrons. The lowest BCUT2D eigenvalue weighted by molar-refractivity contribution is 0.511. The van der Waals surface area contributed by atoms with Crippen LogP contribution in [0.1, 0.15) is 32.6 Å². The number of fused-ring (bicyclic) bond motifs is 1. The van der Waals surface area contributed by atoms with Crippen molar-refractivity contribution in [2.24, 2.45) is 11.7 Å². The molecule has 3 unspecified atom stereocenters. The van der Waals surface area contributed by atoms with Crippen LogP contribution in [0, 0.1) is 5.92 Å². The van der Waals surface area contributed by atoms with Crippen LogP contribution in [0.4, 0.5) is 0 Å². The molecule has 0 aliphatic carbocycles. The molecule has 4 heteroatoms. The molecule has 2 aromatic rings. The second-order valence-corrected chi connectivity index (χ2v) is 7.13. The second-order valence-electron chi connectivity index (χ2n) is 5.29. The molecule has 1 aromatic carbocycles. The lowest BCUT2D eigenvalue weighted by Crippen LogP contribution is -2.26. The number of hydrogen-bond acceptors (Lipinski definition) is 3. The molecule has 3 atom stereocenters. The Morgan fingerprint density at radius 3 is 2.58 bits per heavy atom. The third-order valence-electron chi connectivity index (χ3n) is 3.51. The van der Waals surface area contributed by atoms with E-state index in [1.165, 1.54) is 0 Å². The van der Waals surface area contributed by atoms with E-state index in [0.717, 1.165) is 11.0 Å². The fourth-order valence-corrected chi connectivity index (χ4v) is 3.33. The zero-order valence-electron chi connectivity index (χ0n) is 11.6. The molecule has 1 heterocycles. The van der Waals surface area contributed by atoms with E-state index in [-0.39, 0.29) is 11.3 Å². The summed E-state index contributed by atoms with van der Waals surface area (Å²) in [5.74, 6) is 1.55. The molecular formula is C15H21NO2S. The summed E-state index contributed by atoms with van der Waals surface area (Å²) in [4.78, 5) is 0. The molecule has 2 N–H and O–H groups in total. The summed E-state index contributed by atoms with van der Waals surface area (Å²) in [6, 6.07) is 9.43. The van der Waals surface area contributed by atoms with Crippen molar-refractivity contribution in [2.75, 3.05) is 5.75 Å². The fraction of sp³-hybridized carbons (Fsp3) is 0.467. The van der Waals surface area contributed by atoms with Gasteiger partial charge in [-0.1, -0.05) is 39.0 Å². The predicted octanol–water partition coefficient (Wildman–Crippen LogP) is 3.23. The quantitative estimate of drug-likeness (QED) is 0.914. The van der Waals surface area contributed by atoms with Gasteiger partial charge in [0.25, 0.3) is 0 Å². The van der Waals surface area contributed by atoms with Crippen LogP contribution in [0.25, 0.3) is 11.0 Å². The Morgan fingerprint density at radius 1 is 1.26 bits per heavy atom. The van der Waals surface area contributed by atoms with Gasteiger partial charge in [-0.15, -0.1) is 0 Å². The van der Waals surface area contributed by atoms with Gasteiger partial charge in [-0.05, 0) is 18.1 Å². The maximum Gasteiger partial charge on any atom is 0.134 e. The highest BCUT2D eigenvalue weighted by molar-refractivity contribution is 7.85. The molecule has 2 rings (SSSR count). The standard InChI is InChI=1S/C15H21NO2S/c1-10(2)11(3)19(17)9-13(16)15-8-12-6-4-5-7-14(12)18-15/h4-8,10-11,13H,9,16H2,1-3H3. The van der Waals surface area contributed by atoms with Crippen LogP contribution in [-0.4, -0.2) is 15.2 Å². The van der Waals surface area contributed by atoms with Crippen LogP contribution in [0.3, 0.4) is 0 Å². The smallest absolute Gasteiger partial charge is 0.134 e. The number of benzene rings is 1. The molecule has 0 fully saturated rings. The molecule has 0 saturated carbocycles. The van der Waals surface area contributed by atoms with Crippen molar-refractivity contribution in [2.45, 2.75) is 32.1 Å². The third-order valence-corrected chi connectivity index (χ3v) is 5.57. The van der Waals surface area contributed by atoms with Crippen molar-refractivity contribution in [3.05, 3.63) is 36.1 Å². The fourth-order valence-electron chi connectivity index (χ4n) is 1.90. The topological polar surface area (TPSA) is 56.2 Å². The van der Waals surface area contributed by atoms with E-state index in [0.29, 0.717) is 17.4 Å². The first-order valence-corrected chi connectivity index (χ1v) is 7.98. The minimum absolute atomic E-state index is 0.149. The monoisotopic (exact) mass is 279 g/mol. The van der Waals surface area contributed by atoms with Crippen molar-refractivity contribution in [3.63, 3.8) is 0 Å². The average molecular weight is 279 g/mol. The van der Waals surface area contributed by atoms with Crippen LogP contribution < -0.4 is 5.73 Å². The molecule has 1 aromatic heterocycles.